The Morgan fingerprint density at radius 3 is 2.53 bits per heavy atom. The predicted octanol–water partition coefficient (Wildman–Crippen LogP) is 3.72. The van der Waals surface area contributed by atoms with Gasteiger partial charge in [0.25, 0.3) is 0 Å². The molecule has 1 fully saturated rings. The number of benzene rings is 1. The average molecular weight is 242 g/mol. The van der Waals surface area contributed by atoms with Crippen LogP contribution < -0.4 is 0 Å². The molecule has 92 valence electrons. The minimum absolute atomic E-state index is 0.130. The second-order valence-electron chi connectivity index (χ2n) is 4.85. The van der Waals surface area contributed by atoms with Crippen LogP contribution in [0.4, 0.5) is 13.2 Å². The van der Waals surface area contributed by atoms with E-state index in [0.717, 1.165) is 6.07 Å². The molecule has 0 aromatic heterocycles. The summed E-state index contributed by atoms with van der Waals surface area (Å²) < 4.78 is 37.8. The van der Waals surface area contributed by atoms with Crippen molar-refractivity contribution in [3.63, 3.8) is 0 Å². The van der Waals surface area contributed by atoms with Crippen LogP contribution in [-0.2, 0) is 16.4 Å². The summed E-state index contributed by atoms with van der Waals surface area (Å²) >= 11 is 0. The van der Waals surface area contributed by atoms with Crippen molar-refractivity contribution in [2.24, 2.45) is 0 Å². The molecule has 1 saturated carbocycles. The van der Waals surface area contributed by atoms with E-state index in [-0.39, 0.29) is 5.78 Å². The highest BCUT2D eigenvalue weighted by Gasteiger charge is 2.37. The number of carbonyl (C=O) groups is 1. The Hall–Kier alpha value is -1.32. The lowest BCUT2D eigenvalue weighted by Gasteiger charge is -2.24. The molecule has 0 amide bonds. The van der Waals surface area contributed by atoms with Gasteiger partial charge in [-0.15, -0.1) is 0 Å². The van der Waals surface area contributed by atoms with Gasteiger partial charge in [0.1, 0.15) is 5.78 Å². The van der Waals surface area contributed by atoms with E-state index in [1.54, 1.807) is 6.07 Å². The molecule has 1 atom stereocenters. The van der Waals surface area contributed by atoms with Gasteiger partial charge in [-0.1, -0.05) is 25.1 Å². The molecule has 1 aromatic rings. The first-order valence-corrected chi connectivity index (χ1v) is 5.51. The molecule has 2 rings (SSSR count). The van der Waals surface area contributed by atoms with Crippen LogP contribution in [0.25, 0.3) is 0 Å². The zero-order valence-electron chi connectivity index (χ0n) is 9.47. The average Bonchev–Trinajstić information content (AvgIpc) is 2.59. The number of hydrogen-bond acceptors (Lipinski definition) is 1. The lowest BCUT2D eigenvalue weighted by atomic mass is 9.80. The van der Waals surface area contributed by atoms with E-state index in [2.05, 4.69) is 0 Å². The fourth-order valence-electron chi connectivity index (χ4n) is 2.34. The molecule has 0 heterocycles. The van der Waals surface area contributed by atoms with Crippen LogP contribution in [0.2, 0.25) is 0 Å². The second kappa shape index (κ2) is 3.86. The van der Waals surface area contributed by atoms with E-state index >= 15 is 0 Å². The minimum Gasteiger partial charge on any atom is -0.300 e. The van der Waals surface area contributed by atoms with E-state index < -0.39 is 17.2 Å². The predicted molar refractivity (Wildman–Crippen MR) is 57.7 cm³/mol. The van der Waals surface area contributed by atoms with Crippen molar-refractivity contribution in [1.29, 1.82) is 0 Å². The van der Waals surface area contributed by atoms with Gasteiger partial charge in [0.2, 0.25) is 0 Å². The Balaban J connectivity index is 2.37. The van der Waals surface area contributed by atoms with Crippen molar-refractivity contribution in [3.05, 3.63) is 35.4 Å². The van der Waals surface area contributed by atoms with Crippen molar-refractivity contribution in [3.8, 4) is 0 Å². The van der Waals surface area contributed by atoms with Crippen LogP contribution in [0.3, 0.4) is 0 Å². The van der Waals surface area contributed by atoms with Crippen molar-refractivity contribution in [2.75, 3.05) is 0 Å². The fraction of sp³-hybridized carbons (Fsp3) is 0.462. The summed E-state index contributed by atoms with van der Waals surface area (Å²) in [5.74, 6) is 0.130. The van der Waals surface area contributed by atoms with Gasteiger partial charge in [-0.2, -0.15) is 13.2 Å². The van der Waals surface area contributed by atoms with Crippen molar-refractivity contribution in [1.82, 2.24) is 0 Å². The van der Waals surface area contributed by atoms with Gasteiger partial charge in [0.15, 0.2) is 0 Å². The maximum Gasteiger partial charge on any atom is 0.416 e. The first-order chi connectivity index (χ1) is 7.81. The number of rotatable bonds is 1. The van der Waals surface area contributed by atoms with Gasteiger partial charge in [-0.3, -0.25) is 4.79 Å². The topological polar surface area (TPSA) is 17.1 Å². The highest BCUT2D eigenvalue weighted by Crippen LogP contribution is 2.40. The monoisotopic (exact) mass is 242 g/mol. The third kappa shape index (κ3) is 2.35. The summed E-state index contributed by atoms with van der Waals surface area (Å²) in [6.07, 6.45) is -2.89. The first kappa shape index (κ1) is 12.1. The molecule has 0 saturated heterocycles. The molecule has 17 heavy (non-hydrogen) atoms. The van der Waals surface area contributed by atoms with Crippen LogP contribution in [-0.4, -0.2) is 5.78 Å². The standard InChI is InChI=1S/C13H13F3O/c1-12(6-5-11(17)8-12)9-3-2-4-10(7-9)13(14,15)16/h2-4,7H,5-6,8H2,1H3. The smallest absolute Gasteiger partial charge is 0.300 e. The number of carbonyl (C=O) groups excluding carboxylic acids is 1. The molecule has 0 N–H and O–H groups in total. The van der Waals surface area contributed by atoms with Gasteiger partial charge in [0.05, 0.1) is 5.56 Å². The SMILES string of the molecule is CC1(c2cccc(C(F)(F)F)c2)CCC(=O)C1. The highest BCUT2D eigenvalue weighted by molar-refractivity contribution is 5.82. The molecule has 1 aliphatic rings. The van der Waals surface area contributed by atoms with Gasteiger partial charge < -0.3 is 0 Å². The Morgan fingerprint density at radius 2 is 2.00 bits per heavy atom. The number of ketones is 1. The maximum atomic E-state index is 12.6. The number of hydrogen-bond donors (Lipinski definition) is 0. The molecule has 1 nitrogen and oxygen atoms in total. The summed E-state index contributed by atoms with van der Waals surface area (Å²) in [6.45, 7) is 1.85. The first-order valence-electron chi connectivity index (χ1n) is 5.51. The third-order valence-electron chi connectivity index (χ3n) is 3.43. The lowest BCUT2D eigenvalue weighted by molar-refractivity contribution is -0.137. The van der Waals surface area contributed by atoms with Crippen LogP contribution >= 0.6 is 0 Å². The molecule has 0 aliphatic heterocycles. The van der Waals surface area contributed by atoms with E-state index in [1.807, 2.05) is 6.92 Å². The van der Waals surface area contributed by atoms with Crippen LogP contribution in [0.5, 0.6) is 0 Å². The van der Waals surface area contributed by atoms with Crippen LogP contribution in [0.1, 0.15) is 37.3 Å². The zero-order chi connectivity index (χ0) is 12.7. The molecule has 1 unspecified atom stereocenters. The van der Waals surface area contributed by atoms with Crippen LogP contribution in [0.15, 0.2) is 24.3 Å². The third-order valence-corrected chi connectivity index (χ3v) is 3.43. The van der Waals surface area contributed by atoms with E-state index in [1.165, 1.54) is 12.1 Å². The quantitative estimate of drug-likeness (QED) is 0.733. The largest absolute Gasteiger partial charge is 0.416 e. The van der Waals surface area contributed by atoms with Gasteiger partial charge in [0, 0.05) is 12.8 Å². The normalized spacial score (nSPS) is 25.3. The molecule has 1 aromatic carbocycles. The summed E-state index contributed by atoms with van der Waals surface area (Å²) in [6, 6.07) is 5.31. The Labute approximate surface area is 97.6 Å². The van der Waals surface area contributed by atoms with Crippen molar-refractivity contribution >= 4 is 5.78 Å². The summed E-state index contributed by atoms with van der Waals surface area (Å²) in [5.41, 5.74) is -0.466. The molecule has 0 radical (unpaired) electrons. The lowest BCUT2D eigenvalue weighted by Crippen LogP contribution is -2.19. The van der Waals surface area contributed by atoms with Crippen molar-refractivity contribution in [2.45, 2.75) is 37.8 Å². The van der Waals surface area contributed by atoms with Gasteiger partial charge in [-0.05, 0) is 23.5 Å². The Morgan fingerprint density at radius 1 is 1.29 bits per heavy atom. The van der Waals surface area contributed by atoms with Crippen molar-refractivity contribution < 1.29 is 18.0 Å². The fourth-order valence-corrected chi connectivity index (χ4v) is 2.34. The van der Waals surface area contributed by atoms with Gasteiger partial charge >= 0.3 is 6.18 Å². The second-order valence-corrected chi connectivity index (χ2v) is 4.85. The number of alkyl halides is 3. The van der Waals surface area contributed by atoms with Crippen LogP contribution in [0, 0.1) is 0 Å². The van der Waals surface area contributed by atoms with E-state index in [9.17, 15) is 18.0 Å². The highest BCUT2D eigenvalue weighted by atomic mass is 19.4. The molecule has 4 heteroatoms. The Bertz CT molecular complexity index is 450. The zero-order valence-corrected chi connectivity index (χ0v) is 9.47. The number of halogens is 3. The molecular weight excluding hydrogens is 229 g/mol. The summed E-state index contributed by atoms with van der Waals surface area (Å²) in [7, 11) is 0. The maximum absolute atomic E-state index is 12.6. The molecule has 1 aliphatic carbocycles. The van der Waals surface area contributed by atoms with Gasteiger partial charge in [-0.25, -0.2) is 0 Å². The minimum atomic E-state index is -4.32. The number of Topliss-reactive ketones (excluding diaryl/α,β-unsaturated/α-hetero) is 1. The molecular formula is C13H13F3O. The Kier molecular flexibility index (Phi) is 2.76. The summed E-state index contributed by atoms with van der Waals surface area (Å²) in [5, 5.41) is 0. The van der Waals surface area contributed by atoms with E-state index in [0.29, 0.717) is 24.8 Å². The molecule has 0 spiro atoms. The van der Waals surface area contributed by atoms with E-state index in [4.69, 9.17) is 0 Å². The molecule has 0 bridgehead atoms. The summed E-state index contributed by atoms with van der Waals surface area (Å²) in [4.78, 5) is 11.3.